The molecule has 7 nitrogen and oxygen atoms in total. The van der Waals surface area contributed by atoms with Crippen LogP contribution in [0.4, 0.5) is 0 Å². The summed E-state index contributed by atoms with van der Waals surface area (Å²) in [5, 5.41) is 17.3. The Morgan fingerprint density at radius 3 is 2.23 bits per heavy atom. The number of quaternary nitrogens is 1. The van der Waals surface area contributed by atoms with Gasteiger partial charge in [-0.15, -0.1) is 0 Å². The van der Waals surface area contributed by atoms with Crippen molar-refractivity contribution < 1.29 is 33.8 Å². The molecule has 0 spiro atoms. The maximum absolute atomic E-state index is 11.6. The lowest BCUT2D eigenvalue weighted by molar-refractivity contribution is -0.873. The standard InChI is InChI=1S/C15H23NO6/c1-16(2,3)11-12(10-14(19)20)22-15(21)9-7-5-4-6-8-13(17)18/h4-5,7,9,12H,6,8,10-11H2,1-3H3,(H-,17,18,19,20)/p+1/b5-4+,9-7+. The van der Waals surface area contributed by atoms with Crippen LogP contribution in [-0.4, -0.2) is 66.4 Å². The zero-order chi connectivity index (χ0) is 17.2. The van der Waals surface area contributed by atoms with Gasteiger partial charge in [0.15, 0.2) is 6.10 Å². The van der Waals surface area contributed by atoms with Crippen molar-refractivity contribution in [3.05, 3.63) is 24.3 Å². The predicted molar refractivity (Wildman–Crippen MR) is 80.2 cm³/mol. The number of hydrogen-bond acceptors (Lipinski definition) is 4. The number of rotatable bonds is 10. The van der Waals surface area contributed by atoms with Crippen LogP contribution in [0.1, 0.15) is 19.3 Å². The van der Waals surface area contributed by atoms with E-state index < -0.39 is 24.0 Å². The third-order valence-electron chi connectivity index (χ3n) is 2.44. The Bertz CT molecular complexity index is 447. The van der Waals surface area contributed by atoms with E-state index in [-0.39, 0.29) is 12.8 Å². The number of ether oxygens (including phenoxy) is 1. The zero-order valence-electron chi connectivity index (χ0n) is 13.2. The number of aliphatic carboxylic acids is 2. The molecule has 22 heavy (non-hydrogen) atoms. The van der Waals surface area contributed by atoms with Gasteiger partial charge in [-0.1, -0.05) is 18.2 Å². The van der Waals surface area contributed by atoms with Crippen LogP contribution in [0, 0.1) is 0 Å². The smallest absolute Gasteiger partial charge is 0.331 e. The first-order chi connectivity index (χ1) is 10.1. The monoisotopic (exact) mass is 314 g/mol. The summed E-state index contributed by atoms with van der Waals surface area (Å²) in [5.41, 5.74) is 0. The SMILES string of the molecule is C[N+](C)(C)CC(CC(=O)O)OC(=O)/C=C/C=C/CCC(=O)O. The summed E-state index contributed by atoms with van der Waals surface area (Å²) in [6, 6.07) is 0. The van der Waals surface area contributed by atoms with Crippen molar-refractivity contribution in [2.75, 3.05) is 27.7 Å². The van der Waals surface area contributed by atoms with Gasteiger partial charge in [0.1, 0.15) is 6.54 Å². The van der Waals surface area contributed by atoms with Crippen molar-refractivity contribution >= 4 is 17.9 Å². The van der Waals surface area contributed by atoms with Crippen LogP contribution in [-0.2, 0) is 19.1 Å². The Morgan fingerprint density at radius 2 is 1.73 bits per heavy atom. The van der Waals surface area contributed by atoms with E-state index in [0.29, 0.717) is 17.4 Å². The van der Waals surface area contributed by atoms with Gasteiger partial charge in [0.2, 0.25) is 0 Å². The first-order valence-corrected chi connectivity index (χ1v) is 6.88. The molecule has 1 unspecified atom stereocenters. The molecule has 124 valence electrons. The Labute approximate surface area is 130 Å². The van der Waals surface area contributed by atoms with Gasteiger partial charge in [-0.2, -0.15) is 0 Å². The second-order valence-corrected chi connectivity index (χ2v) is 5.85. The molecule has 0 rings (SSSR count). The van der Waals surface area contributed by atoms with Crippen LogP contribution in [0.3, 0.4) is 0 Å². The summed E-state index contributed by atoms with van der Waals surface area (Å²) >= 11 is 0. The minimum atomic E-state index is -1.02. The molecule has 1 atom stereocenters. The molecule has 0 aromatic rings. The van der Waals surface area contributed by atoms with Gasteiger partial charge in [-0.25, -0.2) is 4.79 Å². The topological polar surface area (TPSA) is 101 Å². The van der Waals surface area contributed by atoms with Crippen LogP contribution < -0.4 is 0 Å². The van der Waals surface area contributed by atoms with Gasteiger partial charge < -0.3 is 19.4 Å². The number of nitrogens with zero attached hydrogens (tertiary/aromatic N) is 1. The number of allylic oxidation sites excluding steroid dienone is 3. The van der Waals surface area contributed by atoms with E-state index in [2.05, 4.69) is 0 Å². The summed E-state index contributed by atoms with van der Waals surface area (Å²) in [7, 11) is 5.64. The summed E-state index contributed by atoms with van der Waals surface area (Å²) < 4.78 is 5.61. The van der Waals surface area contributed by atoms with Crippen molar-refractivity contribution in [1.29, 1.82) is 0 Å². The predicted octanol–water partition coefficient (Wildman–Crippen LogP) is 1.06. The Balaban J connectivity index is 4.37. The second-order valence-electron chi connectivity index (χ2n) is 5.85. The number of carboxylic acids is 2. The van der Waals surface area contributed by atoms with Gasteiger partial charge in [0, 0.05) is 12.5 Å². The molecule has 0 aliphatic carbocycles. The molecule has 0 aliphatic heterocycles. The molecule has 0 amide bonds. The second kappa shape index (κ2) is 9.73. The highest BCUT2D eigenvalue weighted by Crippen LogP contribution is 2.06. The van der Waals surface area contributed by atoms with E-state index in [9.17, 15) is 14.4 Å². The van der Waals surface area contributed by atoms with E-state index >= 15 is 0 Å². The fourth-order valence-electron chi connectivity index (χ4n) is 1.67. The maximum Gasteiger partial charge on any atom is 0.331 e. The number of carbonyl (C=O) groups excluding carboxylic acids is 1. The molecule has 0 fully saturated rings. The Kier molecular flexibility index (Phi) is 8.78. The number of likely N-dealkylation sites (N-methyl/N-ethyl adjacent to an activating group) is 1. The third-order valence-corrected chi connectivity index (χ3v) is 2.44. The highest BCUT2D eigenvalue weighted by molar-refractivity contribution is 5.82. The number of hydrogen-bond donors (Lipinski definition) is 2. The maximum atomic E-state index is 11.6. The van der Waals surface area contributed by atoms with Crippen molar-refractivity contribution in [2.24, 2.45) is 0 Å². The van der Waals surface area contributed by atoms with Crippen LogP contribution in [0.5, 0.6) is 0 Å². The normalized spacial score (nSPS) is 13.4. The molecule has 0 saturated carbocycles. The molecule has 0 aromatic heterocycles. The minimum absolute atomic E-state index is 0.0268. The first kappa shape index (κ1) is 19.9. The van der Waals surface area contributed by atoms with Crippen molar-refractivity contribution in [2.45, 2.75) is 25.4 Å². The highest BCUT2D eigenvalue weighted by Gasteiger charge is 2.23. The highest BCUT2D eigenvalue weighted by atomic mass is 16.5. The van der Waals surface area contributed by atoms with E-state index in [0.717, 1.165) is 0 Å². The molecule has 2 N–H and O–H groups in total. The van der Waals surface area contributed by atoms with Gasteiger partial charge in [-0.3, -0.25) is 9.59 Å². The largest absolute Gasteiger partial charge is 0.481 e. The van der Waals surface area contributed by atoms with Crippen molar-refractivity contribution in [3.63, 3.8) is 0 Å². The summed E-state index contributed by atoms with van der Waals surface area (Å²) in [5.74, 6) is -2.53. The van der Waals surface area contributed by atoms with Crippen LogP contribution >= 0.6 is 0 Å². The fraction of sp³-hybridized carbons (Fsp3) is 0.533. The zero-order valence-corrected chi connectivity index (χ0v) is 13.2. The quantitative estimate of drug-likeness (QED) is 0.271. The third kappa shape index (κ3) is 12.9. The molecule has 7 heteroatoms. The van der Waals surface area contributed by atoms with Crippen LogP contribution in [0.2, 0.25) is 0 Å². The Hall–Kier alpha value is -2.15. The molecular formula is C15H24NO6+. The van der Waals surface area contributed by atoms with Gasteiger partial charge in [0.25, 0.3) is 0 Å². The van der Waals surface area contributed by atoms with E-state index in [4.69, 9.17) is 14.9 Å². The molecule has 0 saturated heterocycles. The molecule has 0 heterocycles. The molecule has 0 radical (unpaired) electrons. The van der Waals surface area contributed by atoms with Crippen molar-refractivity contribution in [1.82, 2.24) is 0 Å². The average Bonchev–Trinajstić information content (AvgIpc) is 2.29. The molecule has 0 aromatic carbocycles. The summed E-state index contributed by atoms with van der Waals surface area (Å²) in [4.78, 5) is 32.7. The number of carbonyl (C=O) groups is 3. The summed E-state index contributed by atoms with van der Waals surface area (Å²) in [6.07, 6.45) is 5.25. The number of esters is 1. The van der Waals surface area contributed by atoms with Crippen LogP contribution in [0.15, 0.2) is 24.3 Å². The molecule has 0 aliphatic rings. The average molecular weight is 314 g/mol. The van der Waals surface area contributed by atoms with Gasteiger partial charge >= 0.3 is 17.9 Å². The first-order valence-electron chi connectivity index (χ1n) is 6.88. The lowest BCUT2D eigenvalue weighted by atomic mass is 10.2. The van der Waals surface area contributed by atoms with Crippen LogP contribution in [0.25, 0.3) is 0 Å². The summed E-state index contributed by atoms with van der Waals surface area (Å²) in [6.45, 7) is 0.389. The van der Waals surface area contributed by atoms with Gasteiger partial charge in [0.05, 0.1) is 27.6 Å². The lowest BCUT2D eigenvalue weighted by Gasteiger charge is -2.28. The van der Waals surface area contributed by atoms with E-state index in [1.807, 2.05) is 21.1 Å². The lowest BCUT2D eigenvalue weighted by Crippen LogP contribution is -2.43. The van der Waals surface area contributed by atoms with Crippen molar-refractivity contribution in [3.8, 4) is 0 Å². The fourth-order valence-corrected chi connectivity index (χ4v) is 1.67. The Morgan fingerprint density at radius 1 is 1.09 bits per heavy atom. The minimum Gasteiger partial charge on any atom is -0.481 e. The van der Waals surface area contributed by atoms with E-state index in [1.165, 1.54) is 12.2 Å². The van der Waals surface area contributed by atoms with E-state index in [1.54, 1.807) is 12.2 Å². The molecule has 0 bridgehead atoms. The van der Waals surface area contributed by atoms with Gasteiger partial charge in [-0.05, 0) is 6.42 Å². The number of carboxylic acid groups (broad SMARTS) is 2. The molecular weight excluding hydrogens is 290 g/mol.